The van der Waals surface area contributed by atoms with E-state index in [9.17, 15) is 14.0 Å². The summed E-state index contributed by atoms with van der Waals surface area (Å²) in [5.41, 5.74) is 7.84. The molecular weight excluding hydrogens is 383 g/mol. The Kier molecular flexibility index (Phi) is 7.16. The Morgan fingerprint density at radius 3 is 2.33 bits per heavy atom. The lowest BCUT2D eigenvalue weighted by Gasteiger charge is -2.16. The van der Waals surface area contributed by atoms with Gasteiger partial charge in [0.25, 0.3) is 0 Å². The predicted molar refractivity (Wildman–Crippen MR) is 112 cm³/mol. The number of ether oxygens (including phenoxy) is 1. The molecule has 0 fully saturated rings. The summed E-state index contributed by atoms with van der Waals surface area (Å²) in [7, 11) is 0. The molecule has 0 saturated heterocycles. The predicted octanol–water partition coefficient (Wildman–Crippen LogP) is 3.16. The third kappa shape index (κ3) is 6.44. The number of halogens is 1. The average molecular weight is 406 g/mol. The molecule has 5 nitrogen and oxygen atoms in total. The zero-order chi connectivity index (χ0) is 21.3. The topological polar surface area (TPSA) is 81.4 Å². The lowest BCUT2D eigenvalue weighted by Crippen LogP contribution is -2.46. The average Bonchev–Trinajstić information content (AvgIpc) is 2.73. The number of hydrogen-bond donors (Lipinski definition) is 2. The van der Waals surface area contributed by atoms with E-state index in [4.69, 9.17) is 10.5 Å². The van der Waals surface area contributed by atoms with Crippen LogP contribution in [0.1, 0.15) is 16.7 Å². The molecule has 0 aromatic heterocycles. The molecule has 0 unspecified atom stereocenters. The molecule has 154 valence electrons. The van der Waals surface area contributed by atoms with Crippen LogP contribution in [-0.4, -0.2) is 17.9 Å². The highest BCUT2D eigenvalue weighted by Gasteiger charge is 2.19. The van der Waals surface area contributed by atoms with E-state index in [1.54, 1.807) is 6.07 Å². The maximum absolute atomic E-state index is 13.3. The van der Waals surface area contributed by atoms with Crippen LogP contribution in [0.2, 0.25) is 0 Å². The first-order valence-electron chi connectivity index (χ1n) is 9.58. The third-order valence-corrected chi connectivity index (χ3v) is 4.52. The second-order valence-electron chi connectivity index (χ2n) is 6.95. The van der Waals surface area contributed by atoms with E-state index in [0.717, 1.165) is 11.1 Å². The van der Waals surface area contributed by atoms with Crippen LogP contribution in [0.25, 0.3) is 0 Å². The minimum atomic E-state index is -0.879. The first-order chi connectivity index (χ1) is 14.5. The molecule has 0 saturated carbocycles. The van der Waals surface area contributed by atoms with Crippen LogP contribution in [0.3, 0.4) is 0 Å². The van der Waals surface area contributed by atoms with Gasteiger partial charge in [0, 0.05) is 6.42 Å². The summed E-state index contributed by atoms with van der Waals surface area (Å²) in [5.74, 6) is -0.802. The second-order valence-corrected chi connectivity index (χ2v) is 6.95. The molecular formula is C24H23FN2O3. The number of nitrogens with two attached hydrogens (primary N) is 1. The van der Waals surface area contributed by atoms with Crippen molar-refractivity contribution >= 4 is 11.8 Å². The maximum atomic E-state index is 13.3. The molecule has 0 aliphatic rings. The lowest BCUT2D eigenvalue weighted by molar-refractivity contribution is -0.127. The van der Waals surface area contributed by atoms with E-state index in [1.165, 1.54) is 18.2 Å². The Hall–Kier alpha value is -3.67. The molecule has 3 rings (SSSR count). The van der Waals surface area contributed by atoms with Crippen LogP contribution in [0.5, 0.6) is 5.75 Å². The zero-order valence-electron chi connectivity index (χ0n) is 16.4. The van der Waals surface area contributed by atoms with E-state index < -0.39 is 23.7 Å². The normalized spacial score (nSPS) is 11.5. The van der Waals surface area contributed by atoms with Crippen LogP contribution in [0.15, 0.2) is 78.9 Å². The van der Waals surface area contributed by atoms with Gasteiger partial charge in [0.15, 0.2) is 0 Å². The summed E-state index contributed by atoms with van der Waals surface area (Å²) in [6, 6.07) is 22.0. The second kappa shape index (κ2) is 10.2. The van der Waals surface area contributed by atoms with Gasteiger partial charge in [-0.3, -0.25) is 9.59 Å². The molecule has 3 aromatic carbocycles. The van der Waals surface area contributed by atoms with Crippen molar-refractivity contribution in [3.8, 4) is 5.75 Å². The number of primary amides is 1. The molecule has 3 N–H and O–H groups in total. The van der Waals surface area contributed by atoms with Gasteiger partial charge >= 0.3 is 0 Å². The van der Waals surface area contributed by atoms with Gasteiger partial charge in [-0.15, -0.1) is 0 Å². The van der Waals surface area contributed by atoms with E-state index in [0.29, 0.717) is 17.9 Å². The minimum Gasteiger partial charge on any atom is -0.489 e. The fourth-order valence-corrected chi connectivity index (χ4v) is 3.04. The summed E-state index contributed by atoms with van der Waals surface area (Å²) in [5, 5.41) is 2.63. The Bertz CT molecular complexity index is 1010. The molecule has 30 heavy (non-hydrogen) atoms. The Balaban J connectivity index is 1.60. The number of carbonyl (C=O) groups excluding carboxylic acids is 2. The molecule has 0 heterocycles. The van der Waals surface area contributed by atoms with Gasteiger partial charge < -0.3 is 15.8 Å². The summed E-state index contributed by atoms with van der Waals surface area (Å²) in [6.45, 7) is 0.425. The Morgan fingerprint density at radius 2 is 1.60 bits per heavy atom. The van der Waals surface area contributed by atoms with Crippen molar-refractivity contribution in [2.45, 2.75) is 25.5 Å². The molecule has 0 radical (unpaired) electrons. The molecule has 0 aliphatic carbocycles. The fraction of sp³-hybridized carbons (Fsp3) is 0.167. The first-order valence-corrected chi connectivity index (χ1v) is 9.58. The number of rotatable bonds is 9. The largest absolute Gasteiger partial charge is 0.489 e. The van der Waals surface area contributed by atoms with Crippen molar-refractivity contribution < 1.29 is 18.7 Å². The van der Waals surface area contributed by atoms with Crippen molar-refractivity contribution in [1.29, 1.82) is 0 Å². The smallest absolute Gasteiger partial charge is 0.240 e. The van der Waals surface area contributed by atoms with Crippen LogP contribution < -0.4 is 15.8 Å². The van der Waals surface area contributed by atoms with Crippen LogP contribution in [0.4, 0.5) is 4.39 Å². The van der Waals surface area contributed by atoms with E-state index >= 15 is 0 Å². The molecule has 0 aliphatic heterocycles. The highest BCUT2D eigenvalue weighted by molar-refractivity contribution is 5.87. The van der Waals surface area contributed by atoms with Gasteiger partial charge in [0.2, 0.25) is 11.8 Å². The maximum Gasteiger partial charge on any atom is 0.240 e. The summed E-state index contributed by atoms with van der Waals surface area (Å²) < 4.78 is 19.1. The van der Waals surface area contributed by atoms with Crippen molar-refractivity contribution in [2.75, 3.05) is 0 Å². The van der Waals surface area contributed by atoms with Crippen molar-refractivity contribution in [3.05, 3.63) is 101 Å². The van der Waals surface area contributed by atoms with Crippen LogP contribution in [-0.2, 0) is 29.0 Å². The zero-order valence-corrected chi connectivity index (χ0v) is 16.4. The molecule has 6 heteroatoms. The summed E-state index contributed by atoms with van der Waals surface area (Å²) >= 11 is 0. The number of carbonyl (C=O) groups is 2. The van der Waals surface area contributed by atoms with Gasteiger partial charge in [-0.25, -0.2) is 4.39 Å². The standard InChI is InChI=1S/C24H23FN2O3/c25-20-10-4-8-18(12-20)15-23(28)27-22(24(26)29)14-19-9-5-11-21(13-19)30-16-17-6-2-1-3-7-17/h1-13,22H,14-16H2,(H2,26,29)(H,27,28)/t22-/m0/s1. The Labute approximate surface area is 174 Å². The van der Waals surface area contributed by atoms with Crippen molar-refractivity contribution in [2.24, 2.45) is 5.73 Å². The highest BCUT2D eigenvalue weighted by atomic mass is 19.1. The molecule has 1 atom stereocenters. The summed E-state index contributed by atoms with van der Waals surface area (Å²) in [4.78, 5) is 24.1. The van der Waals surface area contributed by atoms with Gasteiger partial charge in [0.1, 0.15) is 24.2 Å². The van der Waals surface area contributed by atoms with E-state index in [2.05, 4.69) is 5.32 Å². The molecule has 0 spiro atoms. The molecule has 3 aromatic rings. The summed E-state index contributed by atoms with van der Waals surface area (Å²) in [6.07, 6.45) is 0.189. The molecule has 2 amide bonds. The first kappa shape index (κ1) is 21.0. The van der Waals surface area contributed by atoms with Gasteiger partial charge in [0.05, 0.1) is 6.42 Å². The van der Waals surface area contributed by atoms with Crippen LogP contribution in [0, 0.1) is 5.82 Å². The SMILES string of the molecule is NC(=O)[C@H](Cc1cccc(OCc2ccccc2)c1)NC(=O)Cc1cccc(F)c1. The molecule has 0 bridgehead atoms. The lowest BCUT2D eigenvalue weighted by atomic mass is 10.0. The van der Waals surface area contributed by atoms with Crippen molar-refractivity contribution in [3.63, 3.8) is 0 Å². The van der Waals surface area contributed by atoms with Gasteiger partial charge in [-0.2, -0.15) is 0 Å². The monoisotopic (exact) mass is 406 g/mol. The van der Waals surface area contributed by atoms with Crippen molar-refractivity contribution in [1.82, 2.24) is 5.32 Å². The quantitative estimate of drug-likeness (QED) is 0.573. The number of hydrogen-bond acceptors (Lipinski definition) is 3. The van der Waals surface area contributed by atoms with E-state index in [-0.39, 0.29) is 12.8 Å². The van der Waals surface area contributed by atoms with Crippen LogP contribution >= 0.6 is 0 Å². The Morgan fingerprint density at radius 1 is 0.900 bits per heavy atom. The highest BCUT2D eigenvalue weighted by Crippen LogP contribution is 2.17. The fourth-order valence-electron chi connectivity index (χ4n) is 3.04. The number of amides is 2. The third-order valence-electron chi connectivity index (χ3n) is 4.52. The van der Waals surface area contributed by atoms with Gasteiger partial charge in [-0.05, 0) is 41.0 Å². The number of nitrogens with one attached hydrogen (secondary N) is 1. The van der Waals surface area contributed by atoms with E-state index in [1.807, 2.05) is 54.6 Å². The van der Waals surface area contributed by atoms with Gasteiger partial charge in [-0.1, -0.05) is 54.6 Å². The minimum absolute atomic E-state index is 0.0399. The number of benzene rings is 3.